The van der Waals surface area contributed by atoms with Crippen LogP contribution in [0.3, 0.4) is 0 Å². The average Bonchev–Trinajstić information content (AvgIpc) is 2.46. The molecule has 0 saturated heterocycles. The van der Waals surface area contributed by atoms with Gasteiger partial charge in [0, 0.05) is 17.8 Å². The van der Waals surface area contributed by atoms with E-state index in [1.165, 1.54) is 37.3 Å². The quantitative estimate of drug-likeness (QED) is 0.630. The summed E-state index contributed by atoms with van der Waals surface area (Å²) in [6, 6.07) is 7.55. The van der Waals surface area contributed by atoms with Crippen LogP contribution in [0.1, 0.15) is 21.5 Å². The first-order valence-electron chi connectivity index (χ1n) is 6.73. The van der Waals surface area contributed by atoms with Crippen molar-refractivity contribution in [2.75, 3.05) is 4.72 Å². The number of non-ortho nitro benzene ring substituents is 1. The molecule has 0 heterocycles. The van der Waals surface area contributed by atoms with Gasteiger partial charge in [-0.05, 0) is 43.2 Å². The number of anilines is 1. The number of nitro benzene ring substituents is 1. The summed E-state index contributed by atoms with van der Waals surface area (Å²) in [7, 11) is -4.05. The number of aryl methyl sites for hydroxylation is 2. The minimum Gasteiger partial charge on any atom is -0.478 e. The van der Waals surface area contributed by atoms with E-state index < -0.39 is 20.9 Å². The first-order valence-corrected chi connectivity index (χ1v) is 8.22. The van der Waals surface area contributed by atoms with E-state index in [0.717, 1.165) is 6.07 Å². The number of benzene rings is 2. The van der Waals surface area contributed by atoms with Crippen LogP contribution in [0.5, 0.6) is 0 Å². The molecule has 0 fully saturated rings. The Morgan fingerprint density at radius 2 is 1.79 bits per heavy atom. The molecule has 0 aliphatic heterocycles. The Morgan fingerprint density at radius 1 is 1.12 bits per heavy atom. The molecule has 2 aromatic rings. The Labute approximate surface area is 138 Å². The van der Waals surface area contributed by atoms with Gasteiger partial charge >= 0.3 is 5.97 Å². The number of rotatable bonds is 5. The molecular weight excluding hydrogens is 336 g/mol. The van der Waals surface area contributed by atoms with Crippen molar-refractivity contribution in [3.8, 4) is 0 Å². The molecule has 0 bridgehead atoms. The van der Waals surface area contributed by atoms with E-state index in [9.17, 15) is 23.3 Å². The van der Waals surface area contributed by atoms with Gasteiger partial charge in [-0.3, -0.25) is 14.8 Å². The van der Waals surface area contributed by atoms with Crippen LogP contribution < -0.4 is 4.72 Å². The van der Waals surface area contributed by atoms with Crippen molar-refractivity contribution in [3.05, 3.63) is 63.2 Å². The Hall–Kier alpha value is -2.94. The smallest absolute Gasteiger partial charge is 0.335 e. The molecule has 0 aliphatic rings. The zero-order valence-corrected chi connectivity index (χ0v) is 13.6. The van der Waals surface area contributed by atoms with E-state index in [1.54, 1.807) is 6.92 Å². The summed E-state index contributed by atoms with van der Waals surface area (Å²) in [6.45, 7) is 3.07. The van der Waals surface area contributed by atoms with Crippen LogP contribution in [0.15, 0.2) is 41.3 Å². The number of carboxylic acids is 1. The first-order chi connectivity index (χ1) is 11.1. The molecule has 0 aliphatic carbocycles. The van der Waals surface area contributed by atoms with Crippen LogP contribution >= 0.6 is 0 Å². The van der Waals surface area contributed by atoms with E-state index in [0.29, 0.717) is 11.1 Å². The monoisotopic (exact) mass is 350 g/mol. The van der Waals surface area contributed by atoms with Crippen molar-refractivity contribution in [1.29, 1.82) is 0 Å². The summed E-state index contributed by atoms with van der Waals surface area (Å²) in [6.07, 6.45) is 0. The van der Waals surface area contributed by atoms with Crippen molar-refractivity contribution >= 4 is 27.4 Å². The van der Waals surface area contributed by atoms with Gasteiger partial charge in [-0.2, -0.15) is 0 Å². The number of nitro groups is 1. The number of carboxylic acid groups (broad SMARTS) is 1. The van der Waals surface area contributed by atoms with E-state index in [1.807, 2.05) is 0 Å². The van der Waals surface area contributed by atoms with E-state index in [4.69, 9.17) is 5.11 Å². The minimum atomic E-state index is -4.05. The molecule has 2 aromatic carbocycles. The molecule has 0 atom stereocenters. The molecule has 126 valence electrons. The molecule has 0 unspecified atom stereocenters. The molecule has 2 rings (SSSR count). The Balaban J connectivity index is 2.42. The van der Waals surface area contributed by atoms with Crippen molar-refractivity contribution in [1.82, 2.24) is 0 Å². The highest BCUT2D eigenvalue weighted by Crippen LogP contribution is 2.25. The first kappa shape index (κ1) is 17.4. The van der Waals surface area contributed by atoms with Crippen LogP contribution in [-0.4, -0.2) is 24.4 Å². The second-order valence-corrected chi connectivity index (χ2v) is 6.80. The highest BCUT2D eigenvalue weighted by Gasteiger charge is 2.21. The standard InChI is InChI=1S/C15H14N2O6S/c1-9-3-5-12(17(20)21)8-14(9)24(22,23)16-11-4-6-13(15(18)19)10(2)7-11/h3-8,16H,1-2H3,(H,18,19). The molecule has 8 nitrogen and oxygen atoms in total. The lowest BCUT2D eigenvalue weighted by molar-refractivity contribution is -0.385. The van der Waals surface area contributed by atoms with Crippen LogP contribution in [0.2, 0.25) is 0 Å². The molecule has 9 heteroatoms. The lowest BCUT2D eigenvalue weighted by atomic mass is 10.1. The maximum atomic E-state index is 12.5. The fourth-order valence-corrected chi connectivity index (χ4v) is 3.48. The molecule has 24 heavy (non-hydrogen) atoms. The number of aromatic carboxylic acids is 1. The van der Waals surface area contributed by atoms with Gasteiger partial charge in [0.1, 0.15) is 0 Å². The predicted molar refractivity (Wildman–Crippen MR) is 86.8 cm³/mol. The fraction of sp³-hybridized carbons (Fsp3) is 0.133. The van der Waals surface area contributed by atoms with Gasteiger partial charge < -0.3 is 5.11 Å². The maximum absolute atomic E-state index is 12.5. The SMILES string of the molecule is Cc1cc(NS(=O)(=O)c2cc([N+](=O)[O-])ccc2C)ccc1C(=O)O. The van der Waals surface area contributed by atoms with Crippen molar-refractivity contribution in [3.63, 3.8) is 0 Å². The number of nitrogens with one attached hydrogen (secondary N) is 1. The van der Waals surface area contributed by atoms with Crippen molar-refractivity contribution < 1.29 is 23.2 Å². The molecule has 0 amide bonds. The number of sulfonamides is 1. The Morgan fingerprint density at radius 3 is 2.33 bits per heavy atom. The fourth-order valence-electron chi connectivity index (χ4n) is 2.17. The van der Waals surface area contributed by atoms with Crippen molar-refractivity contribution in [2.45, 2.75) is 18.7 Å². The van der Waals surface area contributed by atoms with Crippen LogP contribution in [-0.2, 0) is 10.0 Å². The van der Waals surface area contributed by atoms with Crippen LogP contribution in [0.4, 0.5) is 11.4 Å². The predicted octanol–water partition coefficient (Wildman–Crippen LogP) is 2.71. The van der Waals surface area contributed by atoms with E-state index in [-0.39, 0.29) is 21.8 Å². The van der Waals surface area contributed by atoms with Gasteiger partial charge in [-0.1, -0.05) is 6.07 Å². The molecule has 2 N–H and O–H groups in total. The van der Waals surface area contributed by atoms with Gasteiger partial charge in [-0.25, -0.2) is 13.2 Å². The van der Waals surface area contributed by atoms with E-state index >= 15 is 0 Å². The largest absolute Gasteiger partial charge is 0.478 e. The van der Waals surface area contributed by atoms with E-state index in [2.05, 4.69) is 4.72 Å². The van der Waals surface area contributed by atoms with Crippen LogP contribution in [0.25, 0.3) is 0 Å². The second-order valence-electron chi connectivity index (χ2n) is 5.15. The van der Waals surface area contributed by atoms with Gasteiger partial charge in [-0.15, -0.1) is 0 Å². The van der Waals surface area contributed by atoms with Gasteiger partial charge in [0.15, 0.2) is 0 Å². The van der Waals surface area contributed by atoms with Crippen molar-refractivity contribution in [2.24, 2.45) is 0 Å². The zero-order chi connectivity index (χ0) is 18.1. The van der Waals surface area contributed by atoms with Gasteiger partial charge in [0.05, 0.1) is 15.4 Å². The number of nitrogens with zero attached hydrogens (tertiary/aromatic N) is 1. The molecule has 0 saturated carbocycles. The lowest BCUT2D eigenvalue weighted by Gasteiger charge is -2.11. The topological polar surface area (TPSA) is 127 Å². The zero-order valence-electron chi connectivity index (χ0n) is 12.8. The summed E-state index contributed by atoms with van der Waals surface area (Å²) in [4.78, 5) is 20.9. The second kappa shape index (κ2) is 6.28. The maximum Gasteiger partial charge on any atom is 0.335 e. The summed E-state index contributed by atoms with van der Waals surface area (Å²) >= 11 is 0. The molecular formula is C15H14N2O6S. The number of hydrogen-bond donors (Lipinski definition) is 2. The van der Waals surface area contributed by atoms with Gasteiger partial charge in [0.2, 0.25) is 0 Å². The Kier molecular flexibility index (Phi) is 4.56. The molecule has 0 radical (unpaired) electrons. The molecule has 0 aromatic heterocycles. The third-order valence-electron chi connectivity index (χ3n) is 3.38. The minimum absolute atomic E-state index is 0.0597. The average molecular weight is 350 g/mol. The summed E-state index contributed by atoms with van der Waals surface area (Å²) in [5, 5.41) is 19.8. The highest BCUT2D eigenvalue weighted by atomic mass is 32.2. The summed E-state index contributed by atoms with van der Waals surface area (Å²) in [5.74, 6) is -1.11. The molecule has 0 spiro atoms. The third-order valence-corrected chi connectivity index (χ3v) is 4.90. The summed E-state index contributed by atoms with van der Waals surface area (Å²) < 4.78 is 27.3. The number of hydrogen-bond acceptors (Lipinski definition) is 5. The highest BCUT2D eigenvalue weighted by molar-refractivity contribution is 7.92. The van der Waals surface area contributed by atoms with Gasteiger partial charge in [0.25, 0.3) is 15.7 Å². The number of carbonyl (C=O) groups is 1. The Bertz CT molecular complexity index is 937. The van der Waals surface area contributed by atoms with Crippen LogP contribution in [0, 0.1) is 24.0 Å². The normalized spacial score (nSPS) is 11.1. The summed E-state index contributed by atoms with van der Waals surface area (Å²) in [5.41, 5.74) is 0.636. The third kappa shape index (κ3) is 3.51. The lowest BCUT2D eigenvalue weighted by Crippen LogP contribution is -2.15.